The van der Waals surface area contributed by atoms with Crippen LogP contribution in [0.1, 0.15) is 0 Å². The molecule has 0 atom stereocenters. The van der Waals surface area contributed by atoms with E-state index in [1.54, 1.807) is 0 Å². The predicted molar refractivity (Wildman–Crippen MR) is 44.1 cm³/mol. The number of hydrogen-bond acceptors (Lipinski definition) is 5. The third-order valence-electron chi connectivity index (χ3n) is 1.30. The lowest BCUT2D eigenvalue weighted by molar-refractivity contribution is -0.390. The summed E-state index contributed by atoms with van der Waals surface area (Å²) < 4.78 is 4.64. The fraction of sp³-hybridized carbons (Fsp3) is 0.167. The van der Waals surface area contributed by atoms with Crippen molar-refractivity contribution < 1.29 is 14.8 Å². The molecule has 0 bridgehead atoms. The first-order valence-electron chi connectivity index (χ1n) is 3.14. The van der Waals surface area contributed by atoms with E-state index in [9.17, 15) is 15.2 Å². The lowest BCUT2D eigenvalue weighted by atomic mass is 10.4. The molecule has 0 aromatic carbocycles. The van der Waals surface area contributed by atoms with E-state index >= 15 is 0 Å². The van der Waals surface area contributed by atoms with Crippen LogP contribution in [0.15, 0.2) is 6.07 Å². The average molecular weight is 205 g/mol. The van der Waals surface area contributed by atoms with Gasteiger partial charge in [0.25, 0.3) is 5.75 Å². The number of hydrogen-bond donors (Lipinski definition) is 1. The first-order valence-corrected chi connectivity index (χ1v) is 3.52. The Kier molecular flexibility index (Phi) is 2.52. The second kappa shape index (κ2) is 3.44. The van der Waals surface area contributed by atoms with Crippen LogP contribution in [-0.2, 0) is 0 Å². The Balaban J connectivity index is 3.35. The van der Waals surface area contributed by atoms with Crippen LogP contribution in [0.2, 0.25) is 5.15 Å². The molecule has 1 heterocycles. The Hall–Kier alpha value is -1.56. The topological polar surface area (TPSA) is 85.5 Å². The van der Waals surface area contributed by atoms with E-state index in [1.165, 1.54) is 13.2 Å². The minimum absolute atomic E-state index is 0.0771. The fourth-order valence-electron chi connectivity index (χ4n) is 0.756. The molecule has 6 nitrogen and oxygen atoms in total. The molecule has 1 aromatic rings. The molecular formula is C6H5ClN2O4. The number of nitrogens with zero attached hydrogens (tertiary/aromatic N) is 2. The molecule has 0 saturated carbocycles. The van der Waals surface area contributed by atoms with E-state index in [1.807, 2.05) is 0 Å². The molecule has 7 heteroatoms. The zero-order valence-electron chi connectivity index (χ0n) is 6.52. The summed E-state index contributed by atoms with van der Waals surface area (Å²) in [4.78, 5) is 12.8. The van der Waals surface area contributed by atoms with Crippen LogP contribution in [0, 0.1) is 10.1 Å². The Morgan fingerprint density at radius 2 is 2.38 bits per heavy atom. The lowest BCUT2D eigenvalue weighted by Gasteiger charge is -2.01. The predicted octanol–water partition coefficient (Wildman–Crippen LogP) is 1.36. The van der Waals surface area contributed by atoms with Crippen molar-refractivity contribution in [2.45, 2.75) is 0 Å². The summed E-state index contributed by atoms with van der Waals surface area (Å²) in [5.41, 5.74) is 0. The van der Waals surface area contributed by atoms with E-state index in [0.717, 1.165) is 0 Å². The van der Waals surface area contributed by atoms with E-state index in [-0.39, 0.29) is 10.9 Å². The van der Waals surface area contributed by atoms with Crippen LogP contribution in [0.3, 0.4) is 0 Å². The highest BCUT2D eigenvalue weighted by Crippen LogP contribution is 2.35. The normalized spacial score (nSPS) is 9.69. The summed E-state index contributed by atoms with van der Waals surface area (Å²) >= 11 is 5.44. The summed E-state index contributed by atoms with van der Waals surface area (Å²) in [6.45, 7) is 0. The van der Waals surface area contributed by atoms with Gasteiger partial charge in [-0.05, 0) is 21.5 Å². The molecule has 70 valence electrons. The molecule has 0 fully saturated rings. The largest absolute Gasteiger partial charge is 0.498 e. The summed E-state index contributed by atoms with van der Waals surface area (Å²) in [6, 6.07) is 1.18. The van der Waals surface area contributed by atoms with E-state index < -0.39 is 16.5 Å². The zero-order chi connectivity index (χ0) is 10.0. The van der Waals surface area contributed by atoms with E-state index in [4.69, 9.17) is 11.6 Å². The van der Waals surface area contributed by atoms with Crippen molar-refractivity contribution in [1.82, 2.24) is 4.98 Å². The van der Waals surface area contributed by atoms with Gasteiger partial charge in [-0.3, -0.25) is 0 Å². The molecule has 0 amide bonds. The lowest BCUT2D eigenvalue weighted by Crippen LogP contribution is -1.95. The van der Waals surface area contributed by atoms with Crippen molar-refractivity contribution in [3.63, 3.8) is 0 Å². The Bertz CT molecular complexity index is 355. The number of rotatable bonds is 2. The number of aromatic nitrogens is 1. The van der Waals surface area contributed by atoms with Gasteiger partial charge in [-0.1, -0.05) is 0 Å². The summed E-state index contributed by atoms with van der Waals surface area (Å²) in [7, 11) is 1.26. The number of halogens is 1. The minimum atomic E-state index is -0.844. The van der Waals surface area contributed by atoms with Crippen LogP contribution >= 0.6 is 11.6 Å². The van der Waals surface area contributed by atoms with Gasteiger partial charge in [0.2, 0.25) is 5.15 Å². The molecule has 0 unspecified atom stereocenters. The molecule has 0 spiro atoms. The van der Waals surface area contributed by atoms with Gasteiger partial charge in [0.1, 0.15) is 0 Å². The standard InChI is InChI=1S/C6H5ClN2O4/c1-13-3-2-4(7)8-6(5(3)10)9(11)12/h2,10H,1H3. The van der Waals surface area contributed by atoms with Crippen LogP contribution < -0.4 is 4.74 Å². The Labute approximate surface area is 77.9 Å². The molecule has 0 radical (unpaired) electrons. The van der Waals surface area contributed by atoms with Gasteiger partial charge in [-0.15, -0.1) is 0 Å². The quantitative estimate of drug-likeness (QED) is 0.447. The van der Waals surface area contributed by atoms with Crippen LogP contribution in [0.4, 0.5) is 5.82 Å². The average Bonchev–Trinajstić information content (AvgIpc) is 2.08. The third-order valence-corrected chi connectivity index (χ3v) is 1.49. The highest BCUT2D eigenvalue weighted by atomic mass is 35.5. The zero-order valence-corrected chi connectivity index (χ0v) is 7.28. The fourth-order valence-corrected chi connectivity index (χ4v) is 0.935. The molecule has 1 N–H and O–H groups in total. The minimum Gasteiger partial charge on any atom is -0.498 e. The van der Waals surface area contributed by atoms with Gasteiger partial charge < -0.3 is 20.0 Å². The molecule has 1 aromatic heterocycles. The highest BCUT2D eigenvalue weighted by molar-refractivity contribution is 6.29. The van der Waals surface area contributed by atoms with Crippen molar-refractivity contribution in [3.8, 4) is 11.5 Å². The third kappa shape index (κ3) is 1.78. The molecule has 0 aliphatic carbocycles. The molecule has 1 rings (SSSR count). The van der Waals surface area contributed by atoms with Crippen molar-refractivity contribution in [1.29, 1.82) is 0 Å². The van der Waals surface area contributed by atoms with Gasteiger partial charge in [-0.2, -0.15) is 0 Å². The maximum atomic E-state index is 10.3. The Morgan fingerprint density at radius 3 is 2.85 bits per heavy atom. The number of nitro groups is 1. The summed E-state index contributed by atoms with van der Waals surface area (Å²) in [5, 5.41) is 19.4. The van der Waals surface area contributed by atoms with Crippen molar-refractivity contribution in [3.05, 3.63) is 21.3 Å². The maximum Gasteiger partial charge on any atom is 0.411 e. The van der Waals surface area contributed by atoms with Crippen LogP contribution in [0.25, 0.3) is 0 Å². The second-order valence-electron chi connectivity index (χ2n) is 2.08. The van der Waals surface area contributed by atoms with E-state index in [2.05, 4.69) is 9.72 Å². The van der Waals surface area contributed by atoms with Crippen molar-refractivity contribution >= 4 is 17.4 Å². The summed E-state index contributed by atoms with van der Waals surface area (Å²) in [6.07, 6.45) is 0. The molecule has 0 aliphatic rings. The SMILES string of the molecule is COc1cc(Cl)nc([N+](=O)[O-])c1O. The monoisotopic (exact) mass is 204 g/mol. The van der Waals surface area contributed by atoms with Gasteiger partial charge in [0.15, 0.2) is 5.75 Å². The molecule has 0 aliphatic heterocycles. The Morgan fingerprint density at radius 1 is 1.77 bits per heavy atom. The van der Waals surface area contributed by atoms with Crippen molar-refractivity contribution in [2.24, 2.45) is 0 Å². The van der Waals surface area contributed by atoms with Crippen molar-refractivity contribution in [2.75, 3.05) is 7.11 Å². The number of ether oxygens (including phenoxy) is 1. The number of aromatic hydroxyl groups is 1. The summed E-state index contributed by atoms with van der Waals surface area (Å²) in [5.74, 6) is -1.42. The smallest absolute Gasteiger partial charge is 0.411 e. The number of methoxy groups -OCH3 is 1. The van der Waals surface area contributed by atoms with Gasteiger partial charge in [-0.25, -0.2) is 0 Å². The maximum absolute atomic E-state index is 10.3. The van der Waals surface area contributed by atoms with Gasteiger partial charge in [0, 0.05) is 6.07 Å². The van der Waals surface area contributed by atoms with E-state index in [0.29, 0.717) is 0 Å². The first-order chi connectivity index (χ1) is 6.06. The molecular weight excluding hydrogens is 200 g/mol. The van der Waals surface area contributed by atoms with Gasteiger partial charge >= 0.3 is 5.82 Å². The first kappa shape index (κ1) is 9.53. The second-order valence-corrected chi connectivity index (χ2v) is 2.46. The highest BCUT2D eigenvalue weighted by Gasteiger charge is 2.21. The molecule has 0 saturated heterocycles. The van der Waals surface area contributed by atoms with Crippen LogP contribution in [-0.4, -0.2) is 22.1 Å². The number of pyridine rings is 1. The van der Waals surface area contributed by atoms with Gasteiger partial charge in [0.05, 0.1) is 7.11 Å². The van der Waals surface area contributed by atoms with Crippen LogP contribution in [0.5, 0.6) is 11.5 Å². The molecule has 13 heavy (non-hydrogen) atoms.